The molecule has 0 saturated carbocycles. The van der Waals surface area contributed by atoms with Crippen molar-refractivity contribution in [3.63, 3.8) is 0 Å². The Kier molecular flexibility index (Phi) is 3.42. The largest absolute Gasteiger partial charge is 0.392 e. The van der Waals surface area contributed by atoms with E-state index in [4.69, 9.17) is 5.11 Å². The van der Waals surface area contributed by atoms with Gasteiger partial charge in [0.2, 0.25) is 0 Å². The average molecular weight is 215 g/mol. The predicted octanol–water partition coefficient (Wildman–Crippen LogP) is 2.82. The van der Waals surface area contributed by atoms with Crippen molar-refractivity contribution in [2.75, 3.05) is 6.61 Å². The molecule has 0 bridgehead atoms. The zero-order chi connectivity index (χ0) is 11.4. The van der Waals surface area contributed by atoms with E-state index in [0.717, 1.165) is 12.8 Å². The molecule has 2 heteroatoms. The lowest BCUT2D eigenvalue weighted by Gasteiger charge is -1.98. The van der Waals surface area contributed by atoms with Gasteiger partial charge in [0.15, 0.2) is 0 Å². The summed E-state index contributed by atoms with van der Waals surface area (Å²) in [7, 11) is 0. The van der Waals surface area contributed by atoms with E-state index >= 15 is 0 Å². The lowest BCUT2D eigenvalue weighted by molar-refractivity contribution is 0.342. The Morgan fingerprint density at radius 2 is 2.06 bits per heavy atom. The first kappa shape index (κ1) is 11.0. The van der Waals surface area contributed by atoms with Crippen LogP contribution in [0.4, 0.5) is 0 Å². The molecule has 0 radical (unpaired) electrons. The summed E-state index contributed by atoms with van der Waals surface area (Å²) in [5.41, 5.74) is 3.85. The number of para-hydroxylation sites is 1. The molecule has 1 aromatic carbocycles. The summed E-state index contributed by atoms with van der Waals surface area (Å²) in [6, 6.07) is 8.36. The topological polar surface area (TPSA) is 36.0 Å². The third-order valence-corrected chi connectivity index (χ3v) is 2.85. The van der Waals surface area contributed by atoms with Crippen molar-refractivity contribution in [1.29, 1.82) is 0 Å². The van der Waals surface area contributed by atoms with Crippen molar-refractivity contribution in [2.45, 2.75) is 19.8 Å². The molecule has 0 aliphatic rings. The van der Waals surface area contributed by atoms with Crippen LogP contribution in [-0.2, 0) is 12.8 Å². The molecule has 2 nitrogen and oxygen atoms in total. The van der Waals surface area contributed by atoms with Crippen LogP contribution in [0.3, 0.4) is 0 Å². The van der Waals surface area contributed by atoms with Gasteiger partial charge in [-0.1, -0.05) is 37.3 Å². The lowest BCUT2D eigenvalue weighted by atomic mass is 10.1. The molecule has 0 atom stereocenters. The van der Waals surface area contributed by atoms with Gasteiger partial charge in [0.05, 0.1) is 6.61 Å². The minimum absolute atomic E-state index is 0.115. The van der Waals surface area contributed by atoms with Gasteiger partial charge in [0, 0.05) is 16.6 Å². The first-order valence-corrected chi connectivity index (χ1v) is 5.71. The standard InChI is InChI=1S/C14H17NO/c1-2-13-11(8-5-6-10-16)12-7-3-4-9-14(12)15-13/h3-7,9,15-16H,2,8,10H2,1H3/b6-5+. The minimum Gasteiger partial charge on any atom is -0.392 e. The van der Waals surface area contributed by atoms with Crippen LogP contribution in [0, 0.1) is 0 Å². The average Bonchev–Trinajstić information content (AvgIpc) is 2.68. The van der Waals surface area contributed by atoms with Gasteiger partial charge in [-0.25, -0.2) is 0 Å². The Balaban J connectivity index is 2.43. The molecular formula is C14H17NO. The first-order chi connectivity index (χ1) is 7.86. The Labute approximate surface area is 95.6 Å². The highest BCUT2D eigenvalue weighted by atomic mass is 16.2. The van der Waals surface area contributed by atoms with Gasteiger partial charge >= 0.3 is 0 Å². The van der Waals surface area contributed by atoms with Crippen LogP contribution < -0.4 is 0 Å². The van der Waals surface area contributed by atoms with Crippen molar-refractivity contribution in [1.82, 2.24) is 4.98 Å². The number of aromatic amines is 1. The number of benzene rings is 1. The lowest BCUT2D eigenvalue weighted by Crippen LogP contribution is -1.88. The molecule has 1 heterocycles. The first-order valence-electron chi connectivity index (χ1n) is 5.71. The third-order valence-electron chi connectivity index (χ3n) is 2.85. The number of aromatic nitrogens is 1. The number of aliphatic hydroxyl groups is 1. The maximum absolute atomic E-state index is 8.74. The number of H-pyrrole nitrogens is 1. The summed E-state index contributed by atoms with van der Waals surface area (Å²) >= 11 is 0. The smallest absolute Gasteiger partial charge is 0.0612 e. The Morgan fingerprint density at radius 1 is 1.25 bits per heavy atom. The Morgan fingerprint density at radius 3 is 2.81 bits per heavy atom. The normalized spacial score (nSPS) is 11.6. The molecular weight excluding hydrogens is 198 g/mol. The molecule has 0 spiro atoms. The van der Waals surface area contributed by atoms with Gasteiger partial charge < -0.3 is 10.1 Å². The van der Waals surface area contributed by atoms with E-state index in [1.807, 2.05) is 12.1 Å². The highest BCUT2D eigenvalue weighted by molar-refractivity contribution is 5.84. The van der Waals surface area contributed by atoms with E-state index in [2.05, 4.69) is 30.1 Å². The zero-order valence-electron chi connectivity index (χ0n) is 9.53. The number of fused-ring (bicyclic) bond motifs is 1. The van der Waals surface area contributed by atoms with Gasteiger partial charge in [0.1, 0.15) is 0 Å². The molecule has 0 fully saturated rings. The van der Waals surface area contributed by atoms with Crippen LogP contribution in [-0.4, -0.2) is 16.7 Å². The minimum atomic E-state index is 0.115. The van der Waals surface area contributed by atoms with Gasteiger partial charge in [-0.2, -0.15) is 0 Å². The number of nitrogens with one attached hydrogen (secondary N) is 1. The molecule has 0 unspecified atom stereocenters. The molecule has 0 aliphatic heterocycles. The highest BCUT2D eigenvalue weighted by Crippen LogP contribution is 2.23. The van der Waals surface area contributed by atoms with Crippen molar-refractivity contribution < 1.29 is 5.11 Å². The van der Waals surface area contributed by atoms with Crippen molar-refractivity contribution in [3.05, 3.63) is 47.7 Å². The fourth-order valence-corrected chi connectivity index (χ4v) is 2.07. The second kappa shape index (κ2) is 4.99. The second-order valence-corrected chi connectivity index (χ2v) is 3.84. The summed E-state index contributed by atoms with van der Waals surface area (Å²) in [6.45, 7) is 2.27. The fraction of sp³-hybridized carbons (Fsp3) is 0.286. The quantitative estimate of drug-likeness (QED) is 0.756. The van der Waals surface area contributed by atoms with Gasteiger partial charge in [-0.05, 0) is 24.5 Å². The number of hydrogen-bond donors (Lipinski definition) is 2. The molecule has 1 aromatic heterocycles. The third kappa shape index (κ3) is 2.02. The molecule has 2 aromatic rings. The van der Waals surface area contributed by atoms with Crippen LogP contribution in [0.2, 0.25) is 0 Å². The summed E-state index contributed by atoms with van der Waals surface area (Å²) in [5.74, 6) is 0. The molecule has 0 amide bonds. The fourth-order valence-electron chi connectivity index (χ4n) is 2.07. The summed E-state index contributed by atoms with van der Waals surface area (Å²) in [4.78, 5) is 3.44. The molecule has 2 N–H and O–H groups in total. The summed E-state index contributed by atoms with van der Waals surface area (Å²) < 4.78 is 0. The highest BCUT2D eigenvalue weighted by Gasteiger charge is 2.07. The van der Waals surface area contributed by atoms with Crippen molar-refractivity contribution in [3.8, 4) is 0 Å². The van der Waals surface area contributed by atoms with Crippen LogP contribution >= 0.6 is 0 Å². The van der Waals surface area contributed by atoms with Crippen molar-refractivity contribution in [2.24, 2.45) is 0 Å². The van der Waals surface area contributed by atoms with E-state index in [9.17, 15) is 0 Å². The number of allylic oxidation sites excluding steroid dienone is 1. The SMILES string of the molecule is CCc1[nH]c2ccccc2c1C/C=C/CO. The number of hydrogen-bond acceptors (Lipinski definition) is 1. The molecule has 0 aliphatic carbocycles. The Bertz CT molecular complexity index is 496. The van der Waals surface area contributed by atoms with E-state index in [1.54, 1.807) is 6.08 Å². The van der Waals surface area contributed by atoms with E-state index in [-0.39, 0.29) is 6.61 Å². The monoisotopic (exact) mass is 215 g/mol. The number of rotatable bonds is 4. The molecule has 16 heavy (non-hydrogen) atoms. The molecule has 2 rings (SSSR count). The van der Waals surface area contributed by atoms with Crippen LogP contribution in [0.15, 0.2) is 36.4 Å². The zero-order valence-corrected chi connectivity index (χ0v) is 9.53. The number of aryl methyl sites for hydroxylation is 1. The summed E-state index contributed by atoms with van der Waals surface area (Å²) in [6.07, 6.45) is 5.71. The maximum Gasteiger partial charge on any atom is 0.0612 e. The van der Waals surface area contributed by atoms with Crippen LogP contribution in [0.1, 0.15) is 18.2 Å². The predicted molar refractivity (Wildman–Crippen MR) is 67.6 cm³/mol. The van der Waals surface area contributed by atoms with Gasteiger partial charge in [0.25, 0.3) is 0 Å². The second-order valence-electron chi connectivity index (χ2n) is 3.84. The van der Waals surface area contributed by atoms with Gasteiger partial charge in [-0.15, -0.1) is 0 Å². The van der Waals surface area contributed by atoms with Crippen LogP contribution in [0.5, 0.6) is 0 Å². The Hall–Kier alpha value is -1.54. The molecule has 84 valence electrons. The maximum atomic E-state index is 8.74. The number of aliphatic hydroxyl groups excluding tert-OH is 1. The molecule has 0 saturated heterocycles. The summed E-state index contributed by atoms with van der Waals surface area (Å²) in [5, 5.41) is 10.0. The van der Waals surface area contributed by atoms with E-state index in [1.165, 1.54) is 22.2 Å². The van der Waals surface area contributed by atoms with Gasteiger partial charge in [-0.3, -0.25) is 0 Å². The van der Waals surface area contributed by atoms with Crippen molar-refractivity contribution >= 4 is 10.9 Å². The van der Waals surface area contributed by atoms with Crippen LogP contribution in [0.25, 0.3) is 10.9 Å². The van der Waals surface area contributed by atoms with E-state index < -0.39 is 0 Å². The van der Waals surface area contributed by atoms with E-state index in [0.29, 0.717) is 0 Å².